The van der Waals surface area contributed by atoms with Gasteiger partial charge >= 0.3 is 0 Å². The summed E-state index contributed by atoms with van der Waals surface area (Å²) in [5.41, 5.74) is 4.75. The molecule has 21 heavy (non-hydrogen) atoms. The van der Waals surface area contributed by atoms with Crippen LogP contribution in [0.15, 0.2) is 18.2 Å². The third-order valence-electron chi connectivity index (χ3n) is 3.70. The maximum atomic E-state index is 11.5. The summed E-state index contributed by atoms with van der Waals surface area (Å²) in [6.45, 7) is 4.74. The predicted molar refractivity (Wildman–Crippen MR) is 90.2 cm³/mol. The molecule has 0 aliphatic carbocycles. The molecule has 5 nitrogen and oxygen atoms in total. The number of carbonyl (C=O) groups is 1. The quantitative estimate of drug-likeness (QED) is 0.516. The molecule has 0 saturated heterocycles. The minimum atomic E-state index is -0.185. The summed E-state index contributed by atoms with van der Waals surface area (Å²) < 4.78 is 1.32. The number of fused-ring (bicyclic) bond motifs is 1. The van der Waals surface area contributed by atoms with Gasteiger partial charge in [-0.05, 0) is 66.1 Å². The van der Waals surface area contributed by atoms with E-state index in [9.17, 15) is 4.79 Å². The first-order valence-electron chi connectivity index (χ1n) is 7.25. The molecule has 1 aromatic rings. The van der Waals surface area contributed by atoms with Crippen LogP contribution in [0, 0.1) is 3.57 Å². The highest BCUT2D eigenvalue weighted by Gasteiger charge is 2.18. The Balaban J connectivity index is 1.95. The second kappa shape index (κ2) is 8.07. The van der Waals surface area contributed by atoms with Gasteiger partial charge in [0, 0.05) is 22.7 Å². The van der Waals surface area contributed by atoms with E-state index in [1.165, 1.54) is 14.7 Å². The number of halogens is 1. The molecule has 3 N–H and O–H groups in total. The van der Waals surface area contributed by atoms with Gasteiger partial charge in [-0.25, -0.2) is 0 Å². The maximum absolute atomic E-state index is 11.5. The van der Waals surface area contributed by atoms with Crippen molar-refractivity contribution in [1.82, 2.24) is 15.7 Å². The first kappa shape index (κ1) is 16.7. The van der Waals surface area contributed by atoms with Gasteiger partial charge in [-0.15, -0.1) is 0 Å². The van der Waals surface area contributed by atoms with E-state index in [4.69, 9.17) is 5.21 Å². The molecule has 1 atom stereocenters. The van der Waals surface area contributed by atoms with Gasteiger partial charge in [0.1, 0.15) is 0 Å². The van der Waals surface area contributed by atoms with E-state index < -0.39 is 0 Å². The van der Waals surface area contributed by atoms with Crippen LogP contribution in [0.2, 0.25) is 0 Å². The minimum absolute atomic E-state index is 0.0637. The highest BCUT2D eigenvalue weighted by atomic mass is 127. The number of carbonyl (C=O) groups excluding carboxylic acids is 1. The van der Waals surface area contributed by atoms with Gasteiger partial charge in [0.25, 0.3) is 0 Å². The molecule has 116 valence electrons. The summed E-state index contributed by atoms with van der Waals surface area (Å²) in [4.78, 5) is 13.9. The van der Waals surface area contributed by atoms with Crippen LogP contribution in [0.5, 0.6) is 0 Å². The van der Waals surface area contributed by atoms with Crippen molar-refractivity contribution in [3.05, 3.63) is 32.9 Å². The Morgan fingerprint density at radius 2 is 2.33 bits per heavy atom. The van der Waals surface area contributed by atoms with Gasteiger partial charge < -0.3 is 10.5 Å². The monoisotopic (exact) mass is 403 g/mol. The lowest BCUT2D eigenvalue weighted by atomic mass is 10.0. The molecule has 0 saturated carbocycles. The highest BCUT2D eigenvalue weighted by Crippen LogP contribution is 2.23. The third kappa shape index (κ3) is 4.91. The van der Waals surface area contributed by atoms with E-state index >= 15 is 0 Å². The first-order chi connectivity index (χ1) is 10.1. The summed E-state index contributed by atoms with van der Waals surface area (Å²) in [6, 6.07) is 6.56. The zero-order valence-electron chi connectivity index (χ0n) is 12.2. The molecular weight excluding hydrogens is 381 g/mol. The Kier molecular flexibility index (Phi) is 6.40. The fourth-order valence-corrected chi connectivity index (χ4v) is 3.52. The van der Waals surface area contributed by atoms with Crippen molar-refractivity contribution in [2.45, 2.75) is 32.4 Å². The van der Waals surface area contributed by atoms with Crippen molar-refractivity contribution in [3.8, 4) is 0 Å². The lowest BCUT2D eigenvalue weighted by molar-refractivity contribution is -0.122. The minimum Gasteiger partial charge on any atom is -0.351 e. The van der Waals surface area contributed by atoms with E-state index in [2.05, 4.69) is 51.0 Å². The first-order valence-corrected chi connectivity index (χ1v) is 8.33. The van der Waals surface area contributed by atoms with Crippen LogP contribution in [-0.2, 0) is 17.8 Å². The molecule has 0 radical (unpaired) electrons. The molecule has 0 aromatic heterocycles. The SMILES string of the molecule is C[C@@H](CN1CCCc2cccc(I)c2C1)NC(=O)CNO. The Labute approximate surface area is 139 Å². The second-order valence-corrected chi connectivity index (χ2v) is 6.68. The summed E-state index contributed by atoms with van der Waals surface area (Å²) >= 11 is 2.40. The average molecular weight is 403 g/mol. The Morgan fingerprint density at radius 1 is 1.52 bits per heavy atom. The predicted octanol–water partition coefficient (Wildman–Crippen LogP) is 1.52. The van der Waals surface area contributed by atoms with Crippen molar-refractivity contribution in [3.63, 3.8) is 0 Å². The molecule has 1 amide bonds. The van der Waals surface area contributed by atoms with Crippen molar-refractivity contribution in [2.24, 2.45) is 0 Å². The third-order valence-corrected chi connectivity index (χ3v) is 4.71. The second-order valence-electron chi connectivity index (χ2n) is 5.52. The molecule has 0 fully saturated rings. The fourth-order valence-electron chi connectivity index (χ4n) is 2.80. The van der Waals surface area contributed by atoms with Gasteiger partial charge in [-0.3, -0.25) is 9.69 Å². The number of aryl methyl sites for hydroxylation is 1. The van der Waals surface area contributed by atoms with Crippen molar-refractivity contribution >= 4 is 28.5 Å². The van der Waals surface area contributed by atoms with Gasteiger partial charge in [0.15, 0.2) is 0 Å². The van der Waals surface area contributed by atoms with Crippen molar-refractivity contribution in [1.29, 1.82) is 0 Å². The lowest BCUT2D eigenvalue weighted by Gasteiger charge is -2.25. The molecule has 0 bridgehead atoms. The number of hydrogen-bond donors (Lipinski definition) is 3. The topological polar surface area (TPSA) is 64.6 Å². The van der Waals surface area contributed by atoms with E-state index in [0.29, 0.717) is 0 Å². The number of hydrogen-bond acceptors (Lipinski definition) is 4. The molecule has 1 aliphatic rings. The Morgan fingerprint density at radius 3 is 3.10 bits per heavy atom. The Bertz CT molecular complexity index is 496. The van der Waals surface area contributed by atoms with Crippen LogP contribution in [-0.4, -0.2) is 41.7 Å². The standard InChI is InChI=1S/C15H22IN3O2/c1-11(18-15(20)8-17-21)9-19-7-3-5-12-4-2-6-14(16)13(12)10-19/h2,4,6,11,17,21H,3,5,7-10H2,1H3,(H,18,20)/t11-/m0/s1. The maximum Gasteiger partial charge on any atom is 0.236 e. The summed E-state index contributed by atoms with van der Waals surface area (Å²) in [6.07, 6.45) is 2.27. The van der Waals surface area contributed by atoms with Crippen LogP contribution in [0.3, 0.4) is 0 Å². The van der Waals surface area contributed by atoms with Crippen LogP contribution < -0.4 is 10.8 Å². The highest BCUT2D eigenvalue weighted by molar-refractivity contribution is 14.1. The van der Waals surface area contributed by atoms with Crippen LogP contribution in [0.25, 0.3) is 0 Å². The number of benzene rings is 1. The molecule has 1 aromatic carbocycles. The van der Waals surface area contributed by atoms with E-state index in [1.54, 1.807) is 0 Å². The van der Waals surface area contributed by atoms with Gasteiger partial charge in [-0.1, -0.05) is 12.1 Å². The fraction of sp³-hybridized carbons (Fsp3) is 0.533. The molecule has 0 spiro atoms. The summed E-state index contributed by atoms with van der Waals surface area (Å²) in [5, 5.41) is 11.4. The van der Waals surface area contributed by atoms with Crippen molar-refractivity contribution < 1.29 is 10.0 Å². The molecule has 1 heterocycles. The van der Waals surface area contributed by atoms with E-state index in [1.807, 2.05) is 12.4 Å². The van der Waals surface area contributed by atoms with Gasteiger partial charge in [0.2, 0.25) is 5.91 Å². The number of amides is 1. The van der Waals surface area contributed by atoms with Crippen LogP contribution >= 0.6 is 22.6 Å². The molecule has 1 aliphatic heterocycles. The normalized spacial score (nSPS) is 16.9. The number of hydroxylamine groups is 1. The van der Waals surface area contributed by atoms with Crippen LogP contribution in [0.4, 0.5) is 0 Å². The van der Waals surface area contributed by atoms with Gasteiger partial charge in [-0.2, -0.15) is 5.48 Å². The summed E-state index contributed by atoms with van der Waals surface area (Å²) in [7, 11) is 0. The summed E-state index contributed by atoms with van der Waals surface area (Å²) in [5.74, 6) is -0.185. The van der Waals surface area contributed by atoms with E-state index in [-0.39, 0.29) is 18.5 Å². The average Bonchev–Trinajstić information content (AvgIpc) is 2.62. The zero-order chi connectivity index (χ0) is 15.2. The molecule has 6 heteroatoms. The van der Waals surface area contributed by atoms with Crippen LogP contribution in [0.1, 0.15) is 24.5 Å². The smallest absolute Gasteiger partial charge is 0.236 e. The van der Waals surface area contributed by atoms with Crippen molar-refractivity contribution in [2.75, 3.05) is 19.6 Å². The Hall–Kier alpha value is -0.700. The number of nitrogens with zero attached hydrogens (tertiary/aromatic N) is 1. The van der Waals surface area contributed by atoms with E-state index in [0.717, 1.165) is 32.5 Å². The molecule has 0 unspecified atom stereocenters. The molecule has 2 rings (SSSR count). The van der Waals surface area contributed by atoms with Gasteiger partial charge in [0.05, 0.1) is 6.54 Å². The largest absolute Gasteiger partial charge is 0.351 e. The number of rotatable bonds is 5. The zero-order valence-corrected chi connectivity index (χ0v) is 14.4. The molecular formula is C15H22IN3O2. The lowest BCUT2D eigenvalue weighted by Crippen LogP contribution is -2.44. The number of nitrogens with one attached hydrogen (secondary N) is 2.